The summed E-state index contributed by atoms with van der Waals surface area (Å²) in [4.78, 5) is 2.52. The van der Waals surface area contributed by atoms with E-state index in [1.807, 2.05) is 16.9 Å². The van der Waals surface area contributed by atoms with Gasteiger partial charge in [0.05, 0.1) is 0 Å². The zero-order chi connectivity index (χ0) is 16.1. The lowest BCUT2D eigenvalue weighted by Gasteiger charge is -2.31. The lowest BCUT2D eigenvalue weighted by Crippen LogP contribution is -2.34. The van der Waals surface area contributed by atoms with E-state index in [-0.39, 0.29) is 0 Å². The summed E-state index contributed by atoms with van der Waals surface area (Å²) in [5.41, 5.74) is 0. The number of nitrogens with zero attached hydrogens (tertiary/aromatic N) is 6. The Balaban J connectivity index is 1.55. The molecule has 7 heteroatoms. The standard InChI is InChI=1S/C16H26N6O/c1-20-15(13-22-9-3-7-17-22)18-19-16(20)14-5-10-21(11-6-14)8-4-12-23-2/h3,7,9,14H,4-6,8,10-13H2,1-2H3. The first kappa shape index (κ1) is 16.1. The molecule has 23 heavy (non-hydrogen) atoms. The molecule has 0 amide bonds. The third-order valence-corrected chi connectivity index (χ3v) is 4.64. The van der Waals surface area contributed by atoms with Gasteiger partial charge in [0.1, 0.15) is 12.4 Å². The number of rotatable bonds is 7. The Kier molecular flexibility index (Phi) is 5.40. The van der Waals surface area contributed by atoms with Crippen molar-refractivity contribution < 1.29 is 4.74 Å². The van der Waals surface area contributed by atoms with Gasteiger partial charge >= 0.3 is 0 Å². The summed E-state index contributed by atoms with van der Waals surface area (Å²) in [6.45, 7) is 4.92. The van der Waals surface area contributed by atoms with Gasteiger partial charge in [0.15, 0.2) is 5.82 Å². The van der Waals surface area contributed by atoms with Crippen LogP contribution in [0.1, 0.15) is 36.8 Å². The van der Waals surface area contributed by atoms with Crippen LogP contribution in [0.15, 0.2) is 18.5 Å². The number of ether oxygens (including phenoxy) is 1. The van der Waals surface area contributed by atoms with Crippen molar-refractivity contribution >= 4 is 0 Å². The maximum absolute atomic E-state index is 5.13. The maximum Gasteiger partial charge on any atom is 0.154 e. The van der Waals surface area contributed by atoms with Crippen molar-refractivity contribution in [1.82, 2.24) is 29.4 Å². The molecule has 126 valence electrons. The number of hydrogen-bond acceptors (Lipinski definition) is 5. The van der Waals surface area contributed by atoms with Crippen LogP contribution in [0.25, 0.3) is 0 Å². The van der Waals surface area contributed by atoms with E-state index >= 15 is 0 Å². The van der Waals surface area contributed by atoms with Gasteiger partial charge in [-0.1, -0.05) is 0 Å². The van der Waals surface area contributed by atoms with Crippen molar-refractivity contribution in [3.8, 4) is 0 Å². The zero-order valence-corrected chi connectivity index (χ0v) is 14.1. The minimum absolute atomic E-state index is 0.512. The summed E-state index contributed by atoms with van der Waals surface area (Å²) in [6, 6.07) is 1.93. The summed E-state index contributed by atoms with van der Waals surface area (Å²) < 4.78 is 9.16. The molecule has 3 heterocycles. The molecule has 3 rings (SSSR count). The third-order valence-electron chi connectivity index (χ3n) is 4.64. The fourth-order valence-corrected chi connectivity index (χ4v) is 3.25. The molecule has 7 nitrogen and oxygen atoms in total. The van der Waals surface area contributed by atoms with Crippen LogP contribution in [-0.4, -0.2) is 62.8 Å². The molecule has 0 saturated carbocycles. The molecule has 0 N–H and O–H groups in total. The molecule has 1 fully saturated rings. The number of likely N-dealkylation sites (tertiary alicyclic amines) is 1. The first-order valence-electron chi connectivity index (χ1n) is 8.35. The molecule has 1 saturated heterocycles. The van der Waals surface area contributed by atoms with E-state index in [0.29, 0.717) is 12.5 Å². The smallest absolute Gasteiger partial charge is 0.154 e. The minimum Gasteiger partial charge on any atom is -0.385 e. The monoisotopic (exact) mass is 318 g/mol. The highest BCUT2D eigenvalue weighted by atomic mass is 16.5. The van der Waals surface area contributed by atoms with E-state index in [4.69, 9.17) is 4.74 Å². The van der Waals surface area contributed by atoms with Gasteiger partial charge in [-0.3, -0.25) is 4.68 Å². The number of hydrogen-bond donors (Lipinski definition) is 0. The third kappa shape index (κ3) is 3.97. The second-order valence-corrected chi connectivity index (χ2v) is 6.20. The van der Waals surface area contributed by atoms with Gasteiger partial charge < -0.3 is 14.2 Å². The Bertz CT molecular complexity index is 586. The lowest BCUT2D eigenvalue weighted by atomic mass is 9.96. The normalized spacial score (nSPS) is 17.0. The van der Waals surface area contributed by atoms with Crippen LogP contribution < -0.4 is 0 Å². The average molecular weight is 318 g/mol. The lowest BCUT2D eigenvalue weighted by molar-refractivity contribution is 0.156. The van der Waals surface area contributed by atoms with E-state index in [1.165, 1.54) is 0 Å². The summed E-state index contributed by atoms with van der Waals surface area (Å²) in [7, 11) is 3.83. The van der Waals surface area contributed by atoms with Gasteiger partial charge in [-0.2, -0.15) is 5.10 Å². The first-order valence-corrected chi connectivity index (χ1v) is 8.35. The molecule has 0 spiro atoms. The quantitative estimate of drug-likeness (QED) is 0.720. The Hall–Kier alpha value is -1.73. The fraction of sp³-hybridized carbons (Fsp3) is 0.688. The van der Waals surface area contributed by atoms with E-state index in [9.17, 15) is 0 Å². The maximum atomic E-state index is 5.13. The summed E-state index contributed by atoms with van der Waals surface area (Å²) in [5.74, 6) is 2.59. The Morgan fingerprint density at radius 1 is 1.26 bits per heavy atom. The second-order valence-electron chi connectivity index (χ2n) is 6.20. The number of aromatic nitrogens is 5. The molecule has 0 aliphatic carbocycles. The van der Waals surface area contributed by atoms with E-state index in [2.05, 4.69) is 31.8 Å². The Labute approximate surface area is 137 Å². The highest BCUT2D eigenvalue weighted by molar-refractivity contribution is 5.03. The fourth-order valence-electron chi connectivity index (χ4n) is 3.25. The van der Waals surface area contributed by atoms with Crippen molar-refractivity contribution in [1.29, 1.82) is 0 Å². The molecule has 0 radical (unpaired) electrons. The predicted molar refractivity (Wildman–Crippen MR) is 87.2 cm³/mol. The molecule has 0 atom stereocenters. The second kappa shape index (κ2) is 7.70. The van der Waals surface area contributed by atoms with Crippen LogP contribution in [-0.2, 0) is 18.3 Å². The van der Waals surface area contributed by atoms with Gasteiger partial charge in [-0.25, -0.2) is 0 Å². The van der Waals surface area contributed by atoms with Gasteiger partial charge in [-0.05, 0) is 38.4 Å². The van der Waals surface area contributed by atoms with Crippen molar-refractivity contribution in [3.63, 3.8) is 0 Å². The molecular weight excluding hydrogens is 292 g/mol. The minimum atomic E-state index is 0.512. The summed E-state index contributed by atoms with van der Waals surface area (Å²) in [6.07, 6.45) is 7.16. The van der Waals surface area contributed by atoms with Gasteiger partial charge in [0, 0.05) is 45.6 Å². The molecule has 0 aromatic carbocycles. The van der Waals surface area contributed by atoms with E-state index in [1.54, 1.807) is 13.3 Å². The van der Waals surface area contributed by atoms with Crippen LogP contribution >= 0.6 is 0 Å². The number of methoxy groups -OCH3 is 1. The summed E-state index contributed by atoms with van der Waals surface area (Å²) >= 11 is 0. The van der Waals surface area contributed by atoms with Crippen molar-refractivity contribution in [3.05, 3.63) is 30.1 Å². The largest absolute Gasteiger partial charge is 0.385 e. The molecular formula is C16H26N6O. The van der Waals surface area contributed by atoms with Gasteiger partial charge in [0.25, 0.3) is 0 Å². The molecule has 0 bridgehead atoms. The topological polar surface area (TPSA) is 61.0 Å². The van der Waals surface area contributed by atoms with Crippen LogP contribution in [0.4, 0.5) is 0 Å². The van der Waals surface area contributed by atoms with Crippen molar-refractivity contribution in [2.24, 2.45) is 7.05 Å². The first-order chi connectivity index (χ1) is 11.3. The van der Waals surface area contributed by atoms with Crippen LogP contribution in [0.5, 0.6) is 0 Å². The average Bonchev–Trinajstić information content (AvgIpc) is 3.20. The number of piperidine rings is 1. The van der Waals surface area contributed by atoms with Gasteiger partial charge in [-0.15, -0.1) is 10.2 Å². The van der Waals surface area contributed by atoms with Crippen molar-refractivity contribution in [2.75, 3.05) is 33.4 Å². The van der Waals surface area contributed by atoms with Crippen molar-refractivity contribution in [2.45, 2.75) is 31.7 Å². The van der Waals surface area contributed by atoms with E-state index < -0.39 is 0 Å². The van der Waals surface area contributed by atoms with Crippen LogP contribution in [0.3, 0.4) is 0 Å². The Morgan fingerprint density at radius 3 is 2.78 bits per heavy atom. The van der Waals surface area contributed by atoms with Crippen LogP contribution in [0.2, 0.25) is 0 Å². The molecule has 0 unspecified atom stereocenters. The SMILES string of the molecule is COCCCN1CCC(c2nnc(Cn3cccn3)n2C)CC1. The highest BCUT2D eigenvalue weighted by Gasteiger charge is 2.24. The zero-order valence-electron chi connectivity index (χ0n) is 14.1. The molecule has 1 aliphatic heterocycles. The predicted octanol–water partition coefficient (Wildman–Crippen LogP) is 1.28. The molecule has 1 aliphatic rings. The summed E-state index contributed by atoms with van der Waals surface area (Å²) in [5, 5.41) is 13.1. The highest BCUT2D eigenvalue weighted by Crippen LogP contribution is 2.26. The molecule has 2 aromatic rings. The Morgan fingerprint density at radius 2 is 2.09 bits per heavy atom. The van der Waals surface area contributed by atoms with Gasteiger partial charge in [0.2, 0.25) is 0 Å². The van der Waals surface area contributed by atoms with E-state index in [0.717, 1.165) is 57.2 Å². The molecule has 2 aromatic heterocycles. The van der Waals surface area contributed by atoms with Crippen LogP contribution in [0, 0.1) is 0 Å².